The summed E-state index contributed by atoms with van der Waals surface area (Å²) in [7, 11) is 3.87. The van der Waals surface area contributed by atoms with Gasteiger partial charge in [0.1, 0.15) is 6.04 Å². The van der Waals surface area contributed by atoms with Gasteiger partial charge in [-0.25, -0.2) is 4.79 Å². The Morgan fingerprint density at radius 2 is 1.82 bits per heavy atom. The van der Waals surface area contributed by atoms with Crippen molar-refractivity contribution < 1.29 is 14.7 Å². The van der Waals surface area contributed by atoms with Gasteiger partial charge in [-0.05, 0) is 34.9 Å². The Hall–Kier alpha value is -1.30. The summed E-state index contributed by atoms with van der Waals surface area (Å²) >= 11 is 0. The van der Waals surface area contributed by atoms with E-state index >= 15 is 0 Å². The number of nitrogens with one attached hydrogen (secondary N) is 1. The predicted octanol–water partition coefficient (Wildman–Crippen LogP) is 0.441. The van der Waals surface area contributed by atoms with Crippen LogP contribution >= 0.6 is 0 Å². The molecule has 6 heteroatoms. The highest BCUT2D eigenvalue weighted by atomic mass is 16.4. The van der Waals surface area contributed by atoms with E-state index in [1.165, 1.54) is 6.92 Å². The summed E-state index contributed by atoms with van der Waals surface area (Å²) < 4.78 is 0. The van der Waals surface area contributed by atoms with Gasteiger partial charge in [0.15, 0.2) is 0 Å². The standard InChI is InChI=1S/C11H23N3O3/c1-6-14(8(2)7-13(4)5)11(17)12-9(3)10(15)16/h8-9H,6-7H2,1-5H3,(H,12,17)(H,15,16)/t8?,9-/m0/s1. The van der Waals surface area contributed by atoms with E-state index in [1.807, 2.05) is 32.8 Å². The molecule has 0 radical (unpaired) electrons. The van der Waals surface area contributed by atoms with E-state index in [2.05, 4.69) is 5.32 Å². The average molecular weight is 245 g/mol. The van der Waals surface area contributed by atoms with E-state index in [1.54, 1.807) is 4.90 Å². The van der Waals surface area contributed by atoms with Crippen LogP contribution in [0.25, 0.3) is 0 Å². The summed E-state index contributed by atoms with van der Waals surface area (Å²) in [6.45, 7) is 6.55. The highest BCUT2D eigenvalue weighted by Crippen LogP contribution is 2.01. The Morgan fingerprint density at radius 1 is 1.29 bits per heavy atom. The third kappa shape index (κ3) is 5.53. The van der Waals surface area contributed by atoms with Crippen molar-refractivity contribution in [1.29, 1.82) is 0 Å². The largest absolute Gasteiger partial charge is 0.480 e. The number of carbonyl (C=O) groups is 2. The van der Waals surface area contributed by atoms with E-state index < -0.39 is 12.0 Å². The Bertz CT molecular complexity index is 269. The first-order chi connectivity index (χ1) is 7.79. The van der Waals surface area contributed by atoms with Gasteiger partial charge in [-0.1, -0.05) is 0 Å². The van der Waals surface area contributed by atoms with Crippen LogP contribution in [0.1, 0.15) is 20.8 Å². The minimum absolute atomic E-state index is 0.0380. The van der Waals surface area contributed by atoms with Crippen molar-refractivity contribution in [3.05, 3.63) is 0 Å². The van der Waals surface area contributed by atoms with Gasteiger partial charge in [0.2, 0.25) is 0 Å². The molecule has 17 heavy (non-hydrogen) atoms. The SMILES string of the molecule is CCN(C(=O)N[C@@H](C)C(=O)O)C(C)CN(C)C. The van der Waals surface area contributed by atoms with Crippen LogP contribution in [-0.4, -0.2) is 66.2 Å². The molecule has 0 saturated heterocycles. The van der Waals surface area contributed by atoms with E-state index in [-0.39, 0.29) is 12.1 Å². The Labute approximate surface area is 103 Å². The maximum Gasteiger partial charge on any atom is 0.325 e. The zero-order valence-electron chi connectivity index (χ0n) is 11.2. The topological polar surface area (TPSA) is 72.9 Å². The smallest absolute Gasteiger partial charge is 0.325 e. The number of hydrogen-bond donors (Lipinski definition) is 2. The zero-order chi connectivity index (χ0) is 13.6. The number of carboxylic acid groups (broad SMARTS) is 1. The van der Waals surface area contributed by atoms with Crippen LogP contribution < -0.4 is 5.32 Å². The summed E-state index contributed by atoms with van der Waals surface area (Å²) in [5, 5.41) is 11.2. The number of likely N-dealkylation sites (N-methyl/N-ethyl adjacent to an activating group) is 2. The molecule has 0 bridgehead atoms. The molecule has 1 unspecified atom stereocenters. The van der Waals surface area contributed by atoms with E-state index in [0.29, 0.717) is 6.54 Å². The van der Waals surface area contributed by atoms with Crippen LogP contribution in [0.2, 0.25) is 0 Å². The third-order valence-electron chi connectivity index (χ3n) is 2.47. The monoisotopic (exact) mass is 245 g/mol. The molecule has 0 heterocycles. The number of rotatable bonds is 6. The van der Waals surface area contributed by atoms with Gasteiger partial charge >= 0.3 is 12.0 Å². The second-order valence-corrected chi connectivity index (χ2v) is 4.41. The molecule has 100 valence electrons. The van der Waals surface area contributed by atoms with Crippen molar-refractivity contribution in [2.75, 3.05) is 27.2 Å². The number of nitrogens with zero attached hydrogens (tertiary/aromatic N) is 2. The van der Waals surface area contributed by atoms with Crippen LogP contribution in [-0.2, 0) is 4.79 Å². The van der Waals surface area contributed by atoms with Crippen LogP contribution in [0.15, 0.2) is 0 Å². The van der Waals surface area contributed by atoms with Crippen molar-refractivity contribution in [1.82, 2.24) is 15.1 Å². The minimum atomic E-state index is -1.03. The highest BCUT2D eigenvalue weighted by molar-refractivity contribution is 5.82. The van der Waals surface area contributed by atoms with Crippen molar-refractivity contribution >= 4 is 12.0 Å². The number of urea groups is 1. The van der Waals surface area contributed by atoms with Crippen molar-refractivity contribution in [2.24, 2.45) is 0 Å². The molecule has 0 aromatic heterocycles. The molecule has 0 aliphatic rings. The fraction of sp³-hybridized carbons (Fsp3) is 0.818. The van der Waals surface area contributed by atoms with E-state index in [4.69, 9.17) is 5.11 Å². The number of carboxylic acids is 1. The molecule has 2 atom stereocenters. The van der Waals surface area contributed by atoms with Crippen LogP contribution in [0.3, 0.4) is 0 Å². The first-order valence-electron chi connectivity index (χ1n) is 5.74. The summed E-state index contributed by atoms with van der Waals surface area (Å²) in [5.74, 6) is -1.03. The Morgan fingerprint density at radius 3 is 2.18 bits per heavy atom. The second-order valence-electron chi connectivity index (χ2n) is 4.41. The van der Waals surface area contributed by atoms with Gasteiger partial charge in [0, 0.05) is 19.1 Å². The fourth-order valence-electron chi connectivity index (χ4n) is 1.61. The Kier molecular flexibility index (Phi) is 6.57. The van der Waals surface area contributed by atoms with Crippen LogP contribution in [0.5, 0.6) is 0 Å². The lowest BCUT2D eigenvalue weighted by molar-refractivity contribution is -0.138. The molecule has 6 nitrogen and oxygen atoms in total. The van der Waals surface area contributed by atoms with Gasteiger partial charge in [0.25, 0.3) is 0 Å². The van der Waals surface area contributed by atoms with Gasteiger partial charge in [-0.2, -0.15) is 0 Å². The number of hydrogen-bond acceptors (Lipinski definition) is 3. The van der Waals surface area contributed by atoms with E-state index in [9.17, 15) is 9.59 Å². The van der Waals surface area contributed by atoms with Crippen LogP contribution in [0.4, 0.5) is 4.79 Å². The molecular weight excluding hydrogens is 222 g/mol. The maximum absolute atomic E-state index is 11.8. The van der Waals surface area contributed by atoms with Crippen molar-refractivity contribution in [3.8, 4) is 0 Å². The molecule has 0 aromatic rings. The molecular formula is C11H23N3O3. The molecule has 0 fully saturated rings. The summed E-state index contributed by atoms with van der Waals surface area (Å²) in [4.78, 5) is 26.1. The van der Waals surface area contributed by atoms with Gasteiger partial charge < -0.3 is 20.2 Å². The minimum Gasteiger partial charge on any atom is -0.480 e. The normalized spacial score (nSPS) is 14.2. The lowest BCUT2D eigenvalue weighted by Crippen LogP contribution is -2.51. The van der Waals surface area contributed by atoms with Crippen molar-refractivity contribution in [2.45, 2.75) is 32.9 Å². The Balaban J connectivity index is 4.44. The second kappa shape index (κ2) is 7.11. The molecule has 0 aromatic carbocycles. The van der Waals surface area contributed by atoms with Crippen LogP contribution in [0, 0.1) is 0 Å². The molecule has 2 N–H and O–H groups in total. The molecule has 0 aliphatic heterocycles. The molecule has 2 amide bonds. The molecule has 0 saturated carbocycles. The maximum atomic E-state index is 11.8. The zero-order valence-corrected chi connectivity index (χ0v) is 11.2. The van der Waals surface area contributed by atoms with Gasteiger partial charge in [0.05, 0.1) is 0 Å². The average Bonchev–Trinajstić information content (AvgIpc) is 2.16. The molecule has 0 rings (SSSR count). The summed E-state index contributed by atoms with van der Waals surface area (Å²) in [5.41, 5.74) is 0. The summed E-state index contributed by atoms with van der Waals surface area (Å²) in [6, 6.07) is -1.17. The fourth-order valence-corrected chi connectivity index (χ4v) is 1.61. The third-order valence-corrected chi connectivity index (χ3v) is 2.47. The number of carbonyl (C=O) groups excluding carboxylic acids is 1. The predicted molar refractivity (Wildman–Crippen MR) is 66.0 cm³/mol. The van der Waals surface area contributed by atoms with Gasteiger partial charge in [-0.15, -0.1) is 0 Å². The lowest BCUT2D eigenvalue weighted by atomic mass is 10.2. The van der Waals surface area contributed by atoms with Gasteiger partial charge in [-0.3, -0.25) is 4.79 Å². The first-order valence-corrected chi connectivity index (χ1v) is 5.74. The lowest BCUT2D eigenvalue weighted by Gasteiger charge is -2.30. The highest BCUT2D eigenvalue weighted by Gasteiger charge is 2.22. The summed E-state index contributed by atoms with van der Waals surface area (Å²) in [6.07, 6.45) is 0. The number of amides is 2. The quantitative estimate of drug-likeness (QED) is 0.712. The van der Waals surface area contributed by atoms with Crippen molar-refractivity contribution in [3.63, 3.8) is 0 Å². The first kappa shape index (κ1) is 15.7. The molecule has 0 aliphatic carbocycles. The molecule has 0 spiro atoms. The number of aliphatic carboxylic acids is 1. The van der Waals surface area contributed by atoms with E-state index in [0.717, 1.165) is 6.54 Å².